The first-order chi connectivity index (χ1) is 6.22. The molecule has 0 saturated carbocycles. The van der Waals surface area contributed by atoms with Crippen molar-refractivity contribution in [1.82, 2.24) is 0 Å². The number of hydrogen-bond donors (Lipinski definition) is 0. The lowest BCUT2D eigenvalue weighted by Gasteiger charge is -1.97. The largest absolute Gasteiger partial charge is 0.298 e. The molecule has 0 spiro atoms. The van der Waals surface area contributed by atoms with Crippen molar-refractivity contribution in [2.75, 3.05) is 0 Å². The number of halogens is 1. The lowest BCUT2D eigenvalue weighted by molar-refractivity contribution is 0.112. The van der Waals surface area contributed by atoms with Crippen LogP contribution in [0.3, 0.4) is 0 Å². The molecule has 0 unspecified atom stereocenters. The van der Waals surface area contributed by atoms with E-state index in [9.17, 15) is 9.18 Å². The first kappa shape index (κ1) is 8.38. The van der Waals surface area contributed by atoms with Gasteiger partial charge in [0.15, 0.2) is 6.29 Å². The lowest BCUT2D eigenvalue weighted by atomic mass is 10.1. The summed E-state index contributed by atoms with van der Waals surface area (Å²) in [5.41, 5.74) is 1.47. The highest BCUT2D eigenvalue weighted by Gasteiger charge is 2.07. The van der Waals surface area contributed by atoms with Crippen molar-refractivity contribution in [2.45, 2.75) is 6.92 Å². The first-order valence-corrected chi connectivity index (χ1v) is 4.73. The number of carbonyl (C=O) groups excluding carboxylic acids is 1. The average molecular weight is 194 g/mol. The van der Waals surface area contributed by atoms with Crippen LogP contribution in [-0.2, 0) is 0 Å². The second kappa shape index (κ2) is 2.92. The minimum atomic E-state index is -0.246. The molecule has 66 valence electrons. The molecule has 13 heavy (non-hydrogen) atoms. The van der Waals surface area contributed by atoms with Crippen LogP contribution in [0.5, 0.6) is 0 Å². The molecule has 0 bridgehead atoms. The summed E-state index contributed by atoms with van der Waals surface area (Å²) < 4.78 is 13.8. The van der Waals surface area contributed by atoms with Gasteiger partial charge in [0, 0.05) is 21.0 Å². The molecule has 0 fully saturated rings. The van der Waals surface area contributed by atoms with Crippen LogP contribution in [0.25, 0.3) is 10.1 Å². The third-order valence-electron chi connectivity index (χ3n) is 1.99. The minimum Gasteiger partial charge on any atom is -0.298 e. The SMILES string of the molecule is Cc1cc(F)cc2scc(C=O)c12. The van der Waals surface area contributed by atoms with E-state index in [1.165, 1.54) is 23.5 Å². The summed E-state index contributed by atoms with van der Waals surface area (Å²) in [5.74, 6) is -0.246. The standard InChI is InChI=1S/C10H7FOS/c1-6-2-8(11)3-9-10(6)7(4-12)5-13-9/h2-5H,1H3. The quantitative estimate of drug-likeness (QED) is 0.637. The molecule has 0 saturated heterocycles. The summed E-state index contributed by atoms with van der Waals surface area (Å²) in [6.45, 7) is 1.81. The monoisotopic (exact) mass is 194 g/mol. The molecular weight excluding hydrogens is 187 g/mol. The highest BCUT2D eigenvalue weighted by molar-refractivity contribution is 7.17. The van der Waals surface area contributed by atoms with Crippen LogP contribution in [0.4, 0.5) is 4.39 Å². The highest BCUT2D eigenvalue weighted by Crippen LogP contribution is 2.28. The van der Waals surface area contributed by atoms with Crippen LogP contribution in [0.1, 0.15) is 15.9 Å². The van der Waals surface area contributed by atoms with Crippen molar-refractivity contribution in [2.24, 2.45) is 0 Å². The Morgan fingerprint density at radius 3 is 2.92 bits per heavy atom. The van der Waals surface area contributed by atoms with E-state index >= 15 is 0 Å². The fraction of sp³-hybridized carbons (Fsp3) is 0.100. The predicted molar refractivity (Wildman–Crippen MR) is 51.9 cm³/mol. The molecule has 0 amide bonds. The van der Waals surface area contributed by atoms with Crippen LogP contribution >= 0.6 is 11.3 Å². The maximum atomic E-state index is 12.9. The summed E-state index contributed by atoms with van der Waals surface area (Å²) >= 11 is 1.40. The molecule has 0 aliphatic rings. The van der Waals surface area contributed by atoms with Crippen molar-refractivity contribution in [3.63, 3.8) is 0 Å². The molecule has 1 aromatic carbocycles. The molecule has 1 nitrogen and oxygen atoms in total. The van der Waals surface area contributed by atoms with Gasteiger partial charge < -0.3 is 0 Å². The highest BCUT2D eigenvalue weighted by atomic mass is 32.1. The van der Waals surface area contributed by atoms with Gasteiger partial charge in [-0.05, 0) is 24.6 Å². The first-order valence-electron chi connectivity index (χ1n) is 3.85. The molecule has 3 heteroatoms. The van der Waals surface area contributed by atoms with Gasteiger partial charge >= 0.3 is 0 Å². The van der Waals surface area contributed by atoms with Crippen LogP contribution in [0.15, 0.2) is 17.5 Å². The molecule has 2 aromatic rings. The summed E-state index contributed by atoms with van der Waals surface area (Å²) in [6, 6.07) is 2.90. The Bertz CT molecular complexity index is 473. The van der Waals surface area contributed by atoms with E-state index in [-0.39, 0.29) is 5.82 Å². The van der Waals surface area contributed by atoms with Gasteiger partial charge in [-0.15, -0.1) is 11.3 Å². The smallest absolute Gasteiger partial charge is 0.151 e. The number of carbonyl (C=O) groups is 1. The minimum absolute atomic E-state index is 0.246. The van der Waals surface area contributed by atoms with Crippen molar-refractivity contribution in [3.8, 4) is 0 Å². The van der Waals surface area contributed by atoms with Gasteiger partial charge in [-0.3, -0.25) is 4.79 Å². The second-order valence-electron chi connectivity index (χ2n) is 2.90. The van der Waals surface area contributed by atoms with E-state index in [4.69, 9.17) is 0 Å². The maximum Gasteiger partial charge on any atom is 0.151 e. The number of fused-ring (bicyclic) bond motifs is 1. The molecule has 1 aromatic heterocycles. The van der Waals surface area contributed by atoms with Crippen LogP contribution in [0, 0.1) is 12.7 Å². The van der Waals surface area contributed by atoms with Gasteiger partial charge in [-0.1, -0.05) is 0 Å². The fourth-order valence-corrected chi connectivity index (χ4v) is 2.45. The van der Waals surface area contributed by atoms with Crippen molar-refractivity contribution in [3.05, 3.63) is 34.5 Å². The van der Waals surface area contributed by atoms with E-state index in [0.717, 1.165) is 21.9 Å². The molecule has 2 rings (SSSR count). The molecule has 0 atom stereocenters. The van der Waals surface area contributed by atoms with Gasteiger partial charge in [0.1, 0.15) is 5.82 Å². The molecule has 0 N–H and O–H groups in total. The third kappa shape index (κ3) is 1.25. The Labute approximate surface area is 78.8 Å². The Hall–Kier alpha value is -1.22. The molecule has 1 heterocycles. The number of thiophene rings is 1. The number of rotatable bonds is 1. The maximum absolute atomic E-state index is 12.9. The Kier molecular flexibility index (Phi) is 1.88. The molecular formula is C10H7FOS. The van der Waals surface area contributed by atoms with E-state index in [1.807, 2.05) is 6.92 Å². The zero-order chi connectivity index (χ0) is 9.42. The third-order valence-corrected chi connectivity index (χ3v) is 2.94. The number of benzene rings is 1. The van der Waals surface area contributed by atoms with Gasteiger partial charge in [0.25, 0.3) is 0 Å². The fourth-order valence-electron chi connectivity index (χ4n) is 1.45. The van der Waals surface area contributed by atoms with E-state index in [1.54, 1.807) is 5.38 Å². The summed E-state index contributed by atoms with van der Waals surface area (Å²) in [7, 11) is 0. The second-order valence-corrected chi connectivity index (χ2v) is 3.82. The van der Waals surface area contributed by atoms with Crippen LogP contribution in [-0.4, -0.2) is 6.29 Å². The summed E-state index contributed by atoms with van der Waals surface area (Å²) in [5, 5.41) is 2.63. The average Bonchev–Trinajstić information content (AvgIpc) is 2.47. The van der Waals surface area contributed by atoms with E-state index < -0.39 is 0 Å². The molecule has 0 aliphatic heterocycles. The van der Waals surface area contributed by atoms with Crippen LogP contribution < -0.4 is 0 Å². The predicted octanol–water partition coefficient (Wildman–Crippen LogP) is 3.16. The molecule has 0 aliphatic carbocycles. The lowest BCUT2D eigenvalue weighted by Crippen LogP contribution is -1.82. The van der Waals surface area contributed by atoms with Gasteiger partial charge in [-0.2, -0.15) is 0 Å². The normalized spacial score (nSPS) is 10.6. The Morgan fingerprint density at radius 1 is 1.46 bits per heavy atom. The number of aldehydes is 1. The van der Waals surface area contributed by atoms with E-state index in [2.05, 4.69) is 0 Å². The summed E-state index contributed by atoms with van der Waals surface area (Å²) in [6.07, 6.45) is 0.809. The van der Waals surface area contributed by atoms with Gasteiger partial charge in [0.05, 0.1) is 0 Å². The number of hydrogen-bond acceptors (Lipinski definition) is 2. The topological polar surface area (TPSA) is 17.1 Å². The zero-order valence-corrected chi connectivity index (χ0v) is 7.82. The zero-order valence-electron chi connectivity index (χ0n) is 7.00. The molecule has 0 radical (unpaired) electrons. The van der Waals surface area contributed by atoms with Gasteiger partial charge in [-0.25, -0.2) is 4.39 Å². The van der Waals surface area contributed by atoms with Crippen molar-refractivity contribution >= 4 is 27.7 Å². The van der Waals surface area contributed by atoms with Gasteiger partial charge in [0.2, 0.25) is 0 Å². The Balaban J connectivity index is 2.89. The van der Waals surface area contributed by atoms with Crippen LogP contribution in [0.2, 0.25) is 0 Å². The van der Waals surface area contributed by atoms with Crippen molar-refractivity contribution < 1.29 is 9.18 Å². The number of aryl methyl sites for hydroxylation is 1. The Morgan fingerprint density at radius 2 is 2.23 bits per heavy atom. The summed E-state index contributed by atoms with van der Waals surface area (Å²) in [4.78, 5) is 10.6. The van der Waals surface area contributed by atoms with E-state index in [0.29, 0.717) is 5.56 Å². The van der Waals surface area contributed by atoms with Crippen molar-refractivity contribution in [1.29, 1.82) is 0 Å².